The number of urea groups is 1. The van der Waals surface area contributed by atoms with E-state index in [0.717, 1.165) is 42.6 Å². The molecule has 148 valence electrons. The molecule has 2 N–H and O–H groups in total. The Hall–Kier alpha value is -2.38. The number of nitrogens with zero attached hydrogens (tertiary/aromatic N) is 3. The number of aryl methyl sites for hydroxylation is 2. The summed E-state index contributed by atoms with van der Waals surface area (Å²) in [5.41, 5.74) is 2.51. The van der Waals surface area contributed by atoms with Crippen LogP contribution in [0.4, 0.5) is 4.79 Å². The van der Waals surface area contributed by atoms with E-state index < -0.39 is 5.54 Å². The van der Waals surface area contributed by atoms with E-state index in [-0.39, 0.29) is 17.8 Å². The van der Waals surface area contributed by atoms with E-state index >= 15 is 0 Å². The molecule has 2 heterocycles. The average Bonchev–Trinajstić information content (AvgIpc) is 3.25. The third-order valence-electron chi connectivity index (χ3n) is 5.84. The Morgan fingerprint density at radius 1 is 1.26 bits per heavy atom. The minimum atomic E-state index is -0.653. The highest BCUT2D eigenvalue weighted by Gasteiger charge is 2.51. The fourth-order valence-electron chi connectivity index (χ4n) is 4.17. The summed E-state index contributed by atoms with van der Waals surface area (Å²) < 4.78 is 1.83. The molecule has 1 aromatic rings. The van der Waals surface area contributed by atoms with Gasteiger partial charge in [0.15, 0.2) is 0 Å². The molecule has 1 aromatic heterocycles. The van der Waals surface area contributed by atoms with Crippen molar-refractivity contribution < 1.29 is 14.4 Å². The molecule has 1 spiro atoms. The Kier molecular flexibility index (Phi) is 5.53. The second-order valence-electron chi connectivity index (χ2n) is 7.65. The van der Waals surface area contributed by atoms with E-state index in [1.807, 2.05) is 25.6 Å². The zero-order chi connectivity index (χ0) is 19.6. The van der Waals surface area contributed by atoms with E-state index in [1.54, 1.807) is 0 Å². The fourth-order valence-corrected chi connectivity index (χ4v) is 4.17. The summed E-state index contributed by atoms with van der Waals surface area (Å²) >= 11 is 0. The van der Waals surface area contributed by atoms with Crippen molar-refractivity contribution in [3.63, 3.8) is 0 Å². The van der Waals surface area contributed by atoms with Crippen molar-refractivity contribution in [1.82, 2.24) is 25.3 Å². The van der Waals surface area contributed by atoms with E-state index in [1.165, 1.54) is 4.90 Å². The maximum atomic E-state index is 12.5. The van der Waals surface area contributed by atoms with Gasteiger partial charge in [0.05, 0.1) is 5.69 Å². The molecule has 8 heteroatoms. The summed E-state index contributed by atoms with van der Waals surface area (Å²) in [5, 5.41) is 10.1. The number of hydrogen-bond donors (Lipinski definition) is 2. The van der Waals surface area contributed by atoms with Gasteiger partial charge in [-0.2, -0.15) is 5.10 Å². The maximum Gasteiger partial charge on any atom is 0.325 e. The third-order valence-corrected chi connectivity index (χ3v) is 5.84. The highest BCUT2D eigenvalue weighted by Crippen LogP contribution is 2.34. The van der Waals surface area contributed by atoms with Crippen molar-refractivity contribution in [2.24, 2.45) is 7.05 Å². The minimum Gasteiger partial charge on any atom is -0.356 e. The second kappa shape index (κ2) is 7.70. The highest BCUT2D eigenvalue weighted by molar-refractivity contribution is 6.07. The van der Waals surface area contributed by atoms with Gasteiger partial charge in [0, 0.05) is 32.3 Å². The monoisotopic (exact) mass is 375 g/mol. The number of amides is 4. The first-order valence-electron chi connectivity index (χ1n) is 9.74. The number of imide groups is 1. The number of carbonyl (C=O) groups is 3. The van der Waals surface area contributed by atoms with Gasteiger partial charge < -0.3 is 10.6 Å². The molecule has 2 aliphatic rings. The molecule has 1 saturated heterocycles. The minimum absolute atomic E-state index is 0.0258. The van der Waals surface area contributed by atoms with E-state index in [4.69, 9.17) is 0 Å². The Morgan fingerprint density at radius 2 is 1.96 bits per heavy atom. The number of nitrogens with one attached hydrogen (secondary N) is 2. The van der Waals surface area contributed by atoms with Crippen LogP contribution in [0, 0.1) is 13.8 Å². The van der Waals surface area contributed by atoms with Crippen LogP contribution in [0.15, 0.2) is 0 Å². The lowest BCUT2D eigenvalue weighted by Gasteiger charge is -2.20. The molecule has 4 amide bonds. The van der Waals surface area contributed by atoms with Crippen LogP contribution in [0.2, 0.25) is 0 Å². The van der Waals surface area contributed by atoms with E-state index in [2.05, 4.69) is 15.7 Å². The van der Waals surface area contributed by atoms with Crippen LogP contribution in [-0.4, -0.2) is 51.2 Å². The Morgan fingerprint density at radius 3 is 2.59 bits per heavy atom. The van der Waals surface area contributed by atoms with Crippen LogP contribution in [0.3, 0.4) is 0 Å². The zero-order valence-electron chi connectivity index (χ0n) is 16.4. The lowest BCUT2D eigenvalue weighted by molar-refractivity contribution is -0.131. The van der Waals surface area contributed by atoms with Crippen molar-refractivity contribution in [2.75, 3.05) is 13.1 Å². The van der Waals surface area contributed by atoms with Gasteiger partial charge in [-0.05, 0) is 45.1 Å². The number of aromatic nitrogens is 2. The molecule has 1 aliphatic carbocycles. The van der Waals surface area contributed by atoms with Crippen molar-refractivity contribution in [1.29, 1.82) is 0 Å². The van der Waals surface area contributed by atoms with Gasteiger partial charge in [-0.1, -0.05) is 12.8 Å². The van der Waals surface area contributed by atoms with Crippen LogP contribution in [-0.2, 0) is 23.1 Å². The molecule has 1 aliphatic heterocycles. The highest BCUT2D eigenvalue weighted by atomic mass is 16.2. The average molecular weight is 375 g/mol. The first-order chi connectivity index (χ1) is 12.8. The number of rotatable bonds is 7. The molecule has 0 radical (unpaired) electrons. The van der Waals surface area contributed by atoms with Gasteiger partial charge >= 0.3 is 6.03 Å². The van der Waals surface area contributed by atoms with Crippen LogP contribution >= 0.6 is 0 Å². The lowest BCUT2D eigenvalue weighted by Crippen LogP contribution is -2.44. The maximum absolute atomic E-state index is 12.5. The van der Waals surface area contributed by atoms with Crippen LogP contribution < -0.4 is 10.6 Å². The van der Waals surface area contributed by atoms with E-state index in [0.29, 0.717) is 32.4 Å². The van der Waals surface area contributed by atoms with Crippen molar-refractivity contribution in [2.45, 2.75) is 64.3 Å². The largest absolute Gasteiger partial charge is 0.356 e. The lowest BCUT2D eigenvalue weighted by atomic mass is 9.98. The summed E-state index contributed by atoms with van der Waals surface area (Å²) in [6.45, 7) is 4.75. The Balaban J connectivity index is 1.39. The molecular formula is C19H29N5O3. The van der Waals surface area contributed by atoms with Crippen molar-refractivity contribution >= 4 is 17.8 Å². The smallest absolute Gasteiger partial charge is 0.325 e. The molecule has 0 bridgehead atoms. The quantitative estimate of drug-likeness (QED) is 0.555. The summed E-state index contributed by atoms with van der Waals surface area (Å²) in [4.78, 5) is 38.0. The molecule has 0 unspecified atom stereocenters. The van der Waals surface area contributed by atoms with Crippen molar-refractivity contribution in [3.8, 4) is 0 Å². The molecule has 2 fully saturated rings. The predicted octanol–water partition coefficient (Wildman–Crippen LogP) is 1.34. The predicted molar refractivity (Wildman–Crippen MR) is 100 cm³/mol. The SMILES string of the molecule is Cc1nn(C)c(C)c1CCC(=O)NCCCN1C(=O)NC2(CCCC2)C1=O. The molecule has 1 saturated carbocycles. The summed E-state index contributed by atoms with van der Waals surface area (Å²) in [6, 6.07) is -0.296. The van der Waals surface area contributed by atoms with Gasteiger partial charge in [-0.25, -0.2) is 4.79 Å². The normalized spacial score (nSPS) is 18.4. The summed E-state index contributed by atoms with van der Waals surface area (Å²) in [6.07, 6.45) is 5.05. The molecule has 0 atom stereocenters. The first kappa shape index (κ1) is 19.4. The summed E-state index contributed by atoms with van der Waals surface area (Å²) in [5.74, 6) is -0.124. The molecular weight excluding hydrogens is 346 g/mol. The number of carbonyl (C=O) groups excluding carboxylic acids is 3. The van der Waals surface area contributed by atoms with Crippen LogP contribution in [0.1, 0.15) is 55.5 Å². The van der Waals surface area contributed by atoms with Gasteiger partial charge in [0.25, 0.3) is 5.91 Å². The Labute approximate surface area is 159 Å². The fraction of sp³-hybridized carbons (Fsp3) is 0.684. The topological polar surface area (TPSA) is 96.3 Å². The van der Waals surface area contributed by atoms with Gasteiger partial charge in [-0.15, -0.1) is 0 Å². The molecule has 0 aromatic carbocycles. The van der Waals surface area contributed by atoms with Crippen LogP contribution in [0.5, 0.6) is 0 Å². The summed E-state index contributed by atoms with van der Waals surface area (Å²) in [7, 11) is 1.90. The van der Waals surface area contributed by atoms with Gasteiger partial charge in [0.1, 0.15) is 5.54 Å². The Bertz CT molecular complexity index is 749. The second-order valence-corrected chi connectivity index (χ2v) is 7.65. The molecule has 27 heavy (non-hydrogen) atoms. The van der Waals surface area contributed by atoms with Crippen molar-refractivity contribution in [3.05, 3.63) is 17.0 Å². The molecule has 8 nitrogen and oxygen atoms in total. The first-order valence-corrected chi connectivity index (χ1v) is 9.74. The number of hydrogen-bond acceptors (Lipinski definition) is 4. The van der Waals surface area contributed by atoms with Gasteiger partial charge in [-0.3, -0.25) is 19.2 Å². The van der Waals surface area contributed by atoms with Crippen LogP contribution in [0.25, 0.3) is 0 Å². The zero-order valence-corrected chi connectivity index (χ0v) is 16.4. The molecule has 3 rings (SSSR count). The van der Waals surface area contributed by atoms with Gasteiger partial charge in [0.2, 0.25) is 5.91 Å². The standard InChI is InChI=1S/C19H29N5O3/c1-13-15(14(2)23(3)22-13)7-8-16(25)20-11-6-12-24-17(26)19(21-18(24)27)9-4-5-10-19/h4-12H2,1-3H3,(H,20,25)(H,21,27). The van der Waals surface area contributed by atoms with E-state index in [9.17, 15) is 14.4 Å². The third kappa shape index (κ3) is 3.84.